The summed E-state index contributed by atoms with van der Waals surface area (Å²) in [5, 5.41) is 6.58. The van der Waals surface area contributed by atoms with E-state index in [2.05, 4.69) is 10.6 Å². The van der Waals surface area contributed by atoms with Crippen molar-refractivity contribution in [3.63, 3.8) is 0 Å². The number of rotatable bonds is 3. The van der Waals surface area contributed by atoms with E-state index in [-0.39, 0.29) is 23.8 Å². The van der Waals surface area contributed by atoms with E-state index in [0.29, 0.717) is 25.0 Å². The molecule has 1 saturated carbocycles. The smallest absolute Gasteiger partial charge is 0.239 e. The second kappa shape index (κ2) is 7.78. The Kier molecular flexibility index (Phi) is 5.25. The number of anilines is 1. The average Bonchev–Trinajstić information content (AvgIpc) is 3.12. The van der Waals surface area contributed by atoms with Crippen LogP contribution in [-0.4, -0.2) is 41.9 Å². The molecule has 0 spiro atoms. The van der Waals surface area contributed by atoms with Crippen molar-refractivity contribution >= 4 is 17.5 Å². The van der Waals surface area contributed by atoms with Crippen molar-refractivity contribution in [2.75, 3.05) is 18.4 Å². The van der Waals surface area contributed by atoms with Crippen LogP contribution in [0.25, 0.3) is 0 Å². The normalized spacial score (nSPS) is 29.2. The minimum Gasteiger partial charge on any atom is -0.341 e. The lowest BCUT2D eigenvalue weighted by molar-refractivity contribution is -0.136. The molecule has 2 N–H and O–H groups in total. The van der Waals surface area contributed by atoms with Gasteiger partial charge in [-0.2, -0.15) is 0 Å². The van der Waals surface area contributed by atoms with E-state index >= 15 is 0 Å². The Hall–Kier alpha value is -1.88. The summed E-state index contributed by atoms with van der Waals surface area (Å²) in [6, 6.07) is 10.1. The third-order valence-corrected chi connectivity index (χ3v) is 6.38. The van der Waals surface area contributed by atoms with E-state index in [1.807, 2.05) is 35.2 Å². The molecule has 3 fully saturated rings. The molecule has 2 aliphatic heterocycles. The number of para-hydroxylation sites is 1. The number of likely N-dealkylation sites (tertiary alicyclic amines) is 1. The largest absolute Gasteiger partial charge is 0.341 e. The molecule has 4 rings (SSSR count). The van der Waals surface area contributed by atoms with Gasteiger partial charge in [-0.3, -0.25) is 9.59 Å². The van der Waals surface area contributed by atoms with Gasteiger partial charge in [0.25, 0.3) is 0 Å². The SMILES string of the molecule is O=C(Nc1ccccc1)C1CCN(C(=O)C2CC3CCCCC3N2)CC1. The second-order valence-corrected chi connectivity index (χ2v) is 8.06. The molecule has 0 aromatic heterocycles. The Morgan fingerprint density at radius 1 is 1.00 bits per heavy atom. The van der Waals surface area contributed by atoms with Crippen molar-refractivity contribution in [1.82, 2.24) is 10.2 Å². The maximum absolute atomic E-state index is 12.9. The minimum atomic E-state index is -0.00204. The molecule has 3 aliphatic rings. The fraction of sp³-hybridized carbons (Fsp3) is 0.619. The molecule has 5 nitrogen and oxygen atoms in total. The molecule has 26 heavy (non-hydrogen) atoms. The van der Waals surface area contributed by atoms with Gasteiger partial charge in [-0.05, 0) is 50.2 Å². The van der Waals surface area contributed by atoms with Crippen LogP contribution in [-0.2, 0) is 9.59 Å². The summed E-state index contributed by atoms with van der Waals surface area (Å²) in [4.78, 5) is 27.3. The summed E-state index contributed by atoms with van der Waals surface area (Å²) in [6.45, 7) is 1.39. The van der Waals surface area contributed by atoms with Crippen LogP contribution in [0.2, 0.25) is 0 Å². The highest BCUT2D eigenvalue weighted by Crippen LogP contribution is 2.34. The fourth-order valence-corrected chi connectivity index (χ4v) is 4.86. The summed E-state index contributed by atoms with van der Waals surface area (Å²) in [6.07, 6.45) is 7.59. The predicted octanol–water partition coefficient (Wildman–Crippen LogP) is 2.78. The highest BCUT2D eigenvalue weighted by molar-refractivity contribution is 5.92. The Morgan fingerprint density at radius 2 is 1.73 bits per heavy atom. The molecule has 2 saturated heterocycles. The summed E-state index contributed by atoms with van der Waals surface area (Å²) in [5.41, 5.74) is 0.841. The number of amides is 2. The first-order chi connectivity index (χ1) is 12.7. The first-order valence-electron chi connectivity index (χ1n) is 10.1. The lowest BCUT2D eigenvalue weighted by atomic mass is 9.85. The molecular formula is C21H29N3O2. The van der Waals surface area contributed by atoms with Gasteiger partial charge in [-0.15, -0.1) is 0 Å². The molecule has 3 unspecified atom stereocenters. The first kappa shape index (κ1) is 17.5. The summed E-state index contributed by atoms with van der Waals surface area (Å²) >= 11 is 0. The first-order valence-corrected chi connectivity index (χ1v) is 10.1. The van der Waals surface area contributed by atoms with Crippen molar-refractivity contribution < 1.29 is 9.59 Å². The molecule has 3 atom stereocenters. The van der Waals surface area contributed by atoms with Crippen LogP contribution >= 0.6 is 0 Å². The molecule has 2 heterocycles. The van der Waals surface area contributed by atoms with Crippen LogP contribution in [0, 0.1) is 11.8 Å². The maximum Gasteiger partial charge on any atom is 0.239 e. The van der Waals surface area contributed by atoms with Gasteiger partial charge in [0.2, 0.25) is 11.8 Å². The van der Waals surface area contributed by atoms with Crippen molar-refractivity contribution in [1.29, 1.82) is 0 Å². The zero-order valence-corrected chi connectivity index (χ0v) is 15.3. The van der Waals surface area contributed by atoms with Gasteiger partial charge < -0.3 is 15.5 Å². The van der Waals surface area contributed by atoms with Gasteiger partial charge in [-0.25, -0.2) is 0 Å². The molecule has 0 radical (unpaired) electrons. The van der Waals surface area contributed by atoms with Crippen LogP contribution in [0.15, 0.2) is 30.3 Å². The quantitative estimate of drug-likeness (QED) is 0.876. The Morgan fingerprint density at radius 3 is 2.46 bits per heavy atom. The van der Waals surface area contributed by atoms with E-state index in [0.717, 1.165) is 24.9 Å². The zero-order valence-electron chi connectivity index (χ0n) is 15.3. The molecule has 5 heteroatoms. The monoisotopic (exact) mass is 355 g/mol. The molecule has 140 valence electrons. The van der Waals surface area contributed by atoms with E-state index < -0.39 is 0 Å². The van der Waals surface area contributed by atoms with E-state index in [1.54, 1.807) is 0 Å². The number of benzene rings is 1. The van der Waals surface area contributed by atoms with Crippen LogP contribution in [0.1, 0.15) is 44.9 Å². The van der Waals surface area contributed by atoms with Crippen LogP contribution < -0.4 is 10.6 Å². The van der Waals surface area contributed by atoms with Crippen LogP contribution in [0.3, 0.4) is 0 Å². The van der Waals surface area contributed by atoms with Crippen LogP contribution in [0.5, 0.6) is 0 Å². The third-order valence-electron chi connectivity index (χ3n) is 6.38. The highest BCUT2D eigenvalue weighted by atomic mass is 16.2. The highest BCUT2D eigenvalue weighted by Gasteiger charge is 2.40. The molecule has 1 aliphatic carbocycles. The van der Waals surface area contributed by atoms with Gasteiger partial charge in [0.15, 0.2) is 0 Å². The Balaban J connectivity index is 1.27. The molecule has 1 aromatic rings. The van der Waals surface area contributed by atoms with E-state index in [1.165, 1.54) is 25.7 Å². The summed E-state index contributed by atoms with van der Waals surface area (Å²) in [5.74, 6) is 1.01. The van der Waals surface area contributed by atoms with Gasteiger partial charge in [0, 0.05) is 30.7 Å². The van der Waals surface area contributed by atoms with Crippen molar-refractivity contribution in [3.8, 4) is 0 Å². The average molecular weight is 355 g/mol. The molecule has 2 amide bonds. The number of carbonyl (C=O) groups is 2. The summed E-state index contributed by atoms with van der Waals surface area (Å²) in [7, 11) is 0. The number of nitrogens with one attached hydrogen (secondary N) is 2. The molecule has 0 bridgehead atoms. The summed E-state index contributed by atoms with van der Waals surface area (Å²) < 4.78 is 0. The molecule has 1 aromatic carbocycles. The Bertz CT molecular complexity index is 626. The number of nitrogens with zero attached hydrogens (tertiary/aromatic N) is 1. The topological polar surface area (TPSA) is 61.4 Å². The van der Waals surface area contributed by atoms with Crippen LogP contribution in [0.4, 0.5) is 5.69 Å². The van der Waals surface area contributed by atoms with Crippen molar-refractivity contribution in [3.05, 3.63) is 30.3 Å². The number of hydrogen-bond acceptors (Lipinski definition) is 3. The maximum atomic E-state index is 12.9. The lowest BCUT2D eigenvalue weighted by Gasteiger charge is -2.33. The van der Waals surface area contributed by atoms with Gasteiger partial charge in [0.1, 0.15) is 0 Å². The van der Waals surface area contributed by atoms with Gasteiger partial charge in [-0.1, -0.05) is 31.0 Å². The van der Waals surface area contributed by atoms with E-state index in [9.17, 15) is 9.59 Å². The number of piperidine rings is 1. The van der Waals surface area contributed by atoms with E-state index in [4.69, 9.17) is 0 Å². The third kappa shape index (κ3) is 3.78. The van der Waals surface area contributed by atoms with Crippen molar-refractivity contribution in [2.45, 2.75) is 57.0 Å². The Labute approximate surface area is 155 Å². The lowest BCUT2D eigenvalue weighted by Crippen LogP contribution is -2.49. The molecular weight excluding hydrogens is 326 g/mol. The van der Waals surface area contributed by atoms with Gasteiger partial charge >= 0.3 is 0 Å². The number of carbonyl (C=O) groups excluding carboxylic acids is 2. The fourth-order valence-electron chi connectivity index (χ4n) is 4.86. The van der Waals surface area contributed by atoms with Crippen molar-refractivity contribution in [2.24, 2.45) is 11.8 Å². The predicted molar refractivity (Wildman–Crippen MR) is 102 cm³/mol. The number of fused-ring (bicyclic) bond motifs is 1. The standard InChI is InChI=1S/C21H29N3O2/c25-20(22-17-7-2-1-3-8-17)15-10-12-24(13-11-15)21(26)19-14-16-6-4-5-9-18(16)23-19/h1-3,7-8,15-16,18-19,23H,4-6,9-14H2,(H,22,25). The zero-order chi connectivity index (χ0) is 17.9. The second-order valence-electron chi connectivity index (χ2n) is 8.06. The van der Waals surface area contributed by atoms with Gasteiger partial charge in [0.05, 0.1) is 6.04 Å². The minimum absolute atomic E-state index is 0.00151. The number of hydrogen-bond donors (Lipinski definition) is 2.